The molecule has 164 valence electrons. The van der Waals surface area contributed by atoms with Crippen molar-refractivity contribution < 1.29 is 14.4 Å². The fraction of sp³-hybridized carbons (Fsp3) is 0.280. The lowest BCUT2D eigenvalue weighted by molar-refractivity contribution is -0.118. The average Bonchev–Trinajstić information content (AvgIpc) is 3.60. The van der Waals surface area contributed by atoms with Gasteiger partial charge in [0.25, 0.3) is 11.7 Å². The summed E-state index contributed by atoms with van der Waals surface area (Å²) in [6, 6.07) is 16.4. The molecule has 1 atom stereocenters. The van der Waals surface area contributed by atoms with Crippen LogP contribution in [0.5, 0.6) is 0 Å². The Kier molecular flexibility index (Phi) is 5.90. The van der Waals surface area contributed by atoms with Crippen molar-refractivity contribution in [3.63, 3.8) is 0 Å². The fourth-order valence-electron chi connectivity index (χ4n) is 3.70. The second-order valence-electron chi connectivity index (χ2n) is 8.20. The van der Waals surface area contributed by atoms with Crippen LogP contribution in [0.3, 0.4) is 0 Å². The van der Waals surface area contributed by atoms with E-state index in [-0.39, 0.29) is 17.9 Å². The van der Waals surface area contributed by atoms with Gasteiger partial charge in [-0.15, -0.1) is 0 Å². The summed E-state index contributed by atoms with van der Waals surface area (Å²) >= 11 is 0. The minimum absolute atomic E-state index is 0.0477. The van der Waals surface area contributed by atoms with E-state index in [9.17, 15) is 14.4 Å². The van der Waals surface area contributed by atoms with Crippen LogP contribution in [0.1, 0.15) is 53.1 Å². The molecule has 0 radical (unpaired) electrons. The number of benzene rings is 2. The molecule has 2 N–H and O–H groups in total. The predicted molar refractivity (Wildman–Crippen MR) is 122 cm³/mol. The lowest BCUT2D eigenvalue weighted by atomic mass is 10.1. The SMILES string of the molecule is Cc1nn(-c2ccccc2)c(C)c1C(=O)C(=O)NC(C)c1ccc(NC(=O)C2CC2)cc1. The topological polar surface area (TPSA) is 93.1 Å². The molecule has 0 bridgehead atoms. The Morgan fingerprint density at radius 3 is 2.28 bits per heavy atom. The van der Waals surface area contributed by atoms with E-state index in [1.807, 2.05) is 49.4 Å². The predicted octanol–water partition coefficient (Wildman–Crippen LogP) is 3.90. The highest BCUT2D eigenvalue weighted by Gasteiger charge is 2.29. The van der Waals surface area contributed by atoms with Crippen molar-refractivity contribution in [2.24, 2.45) is 5.92 Å². The monoisotopic (exact) mass is 430 g/mol. The maximum atomic E-state index is 12.9. The van der Waals surface area contributed by atoms with Gasteiger partial charge in [0, 0.05) is 11.6 Å². The number of rotatable bonds is 7. The molecule has 7 nitrogen and oxygen atoms in total. The van der Waals surface area contributed by atoms with Crippen LogP contribution < -0.4 is 10.6 Å². The molecule has 0 saturated heterocycles. The molecule has 3 aromatic rings. The summed E-state index contributed by atoms with van der Waals surface area (Å²) < 4.78 is 1.67. The Bertz CT molecular complexity index is 1160. The van der Waals surface area contributed by atoms with E-state index in [4.69, 9.17) is 0 Å². The zero-order chi connectivity index (χ0) is 22.8. The Morgan fingerprint density at radius 2 is 1.66 bits per heavy atom. The highest BCUT2D eigenvalue weighted by atomic mass is 16.2. The minimum Gasteiger partial charge on any atom is -0.343 e. The molecule has 1 aliphatic rings. The number of carbonyl (C=O) groups excluding carboxylic acids is 3. The number of nitrogens with zero attached hydrogens (tertiary/aromatic N) is 2. The maximum Gasteiger partial charge on any atom is 0.293 e. The number of hydrogen-bond acceptors (Lipinski definition) is 4. The molecule has 2 aromatic carbocycles. The van der Waals surface area contributed by atoms with Gasteiger partial charge in [-0.05, 0) is 63.4 Å². The van der Waals surface area contributed by atoms with E-state index in [0.29, 0.717) is 17.0 Å². The molecule has 7 heteroatoms. The van der Waals surface area contributed by atoms with Crippen molar-refractivity contribution in [2.75, 3.05) is 5.32 Å². The van der Waals surface area contributed by atoms with E-state index in [0.717, 1.165) is 29.8 Å². The van der Waals surface area contributed by atoms with Crippen molar-refractivity contribution in [3.05, 3.63) is 77.1 Å². The van der Waals surface area contributed by atoms with Gasteiger partial charge in [-0.1, -0.05) is 30.3 Å². The summed E-state index contributed by atoms with van der Waals surface area (Å²) in [6.45, 7) is 5.33. The van der Waals surface area contributed by atoms with Gasteiger partial charge in [-0.3, -0.25) is 14.4 Å². The van der Waals surface area contributed by atoms with Crippen LogP contribution in [-0.2, 0) is 9.59 Å². The quantitative estimate of drug-likeness (QED) is 0.439. The van der Waals surface area contributed by atoms with Crippen molar-refractivity contribution in [3.8, 4) is 5.69 Å². The summed E-state index contributed by atoms with van der Waals surface area (Å²) in [5, 5.41) is 10.1. The lowest BCUT2D eigenvalue weighted by Crippen LogP contribution is -2.33. The normalized spacial score (nSPS) is 14.0. The van der Waals surface area contributed by atoms with E-state index < -0.39 is 11.7 Å². The number of aromatic nitrogens is 2. The second kappa shape index (κ2) is 8.78. The smallest absolute Gasteiger partial charge is 0.293 e. The van der Waals surface area contributed by atoms with Gasteiger partial charge in [0.2, 0.25) is 5.91 Å². The van der Waals surface area contributed by atoms with Crippen LogP contribution in [0.25, 0.3) is 5.69 Å². The minimum atomic E-state index is -0.678. The number of aryl methyl sites for hydroxylation is 1. The highest BCUT2D eigenvalue weighted by Crippen LogP contribution is 2.30. The molecule has 1 heterocycles. The van der Waals surface area contributed by atoms with E-state index in [2.05, 4.69) is 15.7 Å². The molecular formula is C25H26N4O3. The maximum absolute atomic E-state index is 12.9. The molecule has 1 unspecified atom stereocenters. The van der Waals surface area contributed by atoms with Crippen molar-refractivity contribution in [2.45, 2.75) is 39.7 Å². The third kappa shape index (κ3) is 4.46. The number of amides is 2. The molecule has 2 amide bonds. The number of Topliss-reactive ketones (excluding diaryl/α,β-unsaturated/α-hetero) is 1. The molecule has 0 spiro atoms. The summed E-state index contributed by atoms with van der Waals surface area (Å²) in [5.41, 5.74) is 3.84. The Hall–Kier alpha value is -3.74. The Labute approximate surface area is 186 Å². The van der Waals surface area contributed by atoms with E-state index in [1.54, 1.807) is 30.7 Å². The molecule has 1 saturated carbocycles. The zero-order valence-corrected chi connectivity index (χ0v) is 18.4. The van der Waals surface area contributed by atoms with Crippen molar-refractivity contribution in [1.29, 1.82) is 0 Å². The summed E-state index contributed by atoms with van der Waals surface area (Å²) in [4.78, 5) is 37.5. The molecular weight excluding hydrogens is 404 g/mol. The first-order chi connectivity index (χ1) is 15.3. The first kappa shape index (κ1) is 21.5. The number of hydrogen-bond donors (Lipinski definition) is 2. The van der Waals surface area contributed by atoms with Crippen LogP contribution in [0.15, 0.2) is 54.6 Å². The molecule has 1 fully saturated rings. The average molecular weight is 431 g/mol. The van der Waals surface area contributed by atoms with Crippen molar-refractivity contribution >= 4 is 23.3 Å². The van der Waals surface area contributed by atoms with E-state index in [1.165, 1.54) is 0 Å². The summed E-state index contributed by atoms with van der Waals surface area (Å²) in [7, 11) is 0. The Balaban J connectivity index is 1.44. The highest BCUT2D eigenvalue weighted by molar-refractivity contribution is 6.43. The van der Waals surface area contributed by atoms with Crippen LogP contribution >= 0.6 is 0 Å². The van der Waals surface area contributed by atoms with Gasteiger partial charge >= 0.3 is 0 Å². The lowest BCUT2D eigenvalue weighted by Gasteiger charge is -2.15. The van der Waals surface area contributed by atoms with Crippen LogP contribution in [0.4, 0.5) is 5.69 Å². The molecule has 1 aromatic heterocycles. The van der Waals surface area contributed by atoms with Gasteiger partial charge in [0.1, 0.15) is 0 Å². The number of nitrogens with one attached hydrogen (secondary N) is 2. The van der Waals surface area contributed by atoms with Gasteiger partial charge in [0.05, 0.1) is 28.7 Å². The molecule has 4 rings (SSSR count). The van der Waals surface area contributed by atoms with E-state index >= 15 is 0 Å². The number of anilines is 1. The van der Waals surface area contributed by atoms with Gasteiger partial charge in [-0.25, -0.2) is 4.68 Å². The standard InChI is InChI=1S/C25H26N4O3/c1-15(18-11-13-20(14-12-18)27-24(31)19-9-10-19)26-25(32)23(30)22-16(2)28-29(17(22)3)21-7-5-4-6-8-21/h4-8,11-15,19H,9-10H2,1-3H3,(H,26,32)(H,27,31). The number of ketones is 1. The first-order valence-electron chi connectivity index (χ1n) is 10.7. The largest absolute Gasteiger partial charge is 0.343 e. The first-order valence-corrected chi connectivity index (χ1v) is 10.7. The van der Waals surface area contributed by atoms with Crippen LogP contribution in [0.2, 0.25) is 0 Å². The summed E-state index contributed by atoms with van der Waals surface area (Å²) in [6.07, 6.45) is 1.90. The molecule has 32 heavy (non-hydrogen) atoms. The van der Waals surface area contributed by atoms with Gasteiger partial charge in [0.15, 0.2) is 0 Å². The molecule has 0 aliphatic heterocycles. The fourth-order valence-corrected chi connectivity index (χ4v) is 3.70. The van der Waals surface area contributed by atoms with Gasteiger partial charge in [-0.2, -0.15) is 5.10 Å². The third-order valence-electron chi connectivity index (χ3n) is 5.70. The zero-order valence-electron chi connectivity index (χ0n) is 18.4. The number of carbonyl (C=O) groups is 3. The van der Waals surface area contributed by atoms with Crippen LogP contribution in [0, 0.1) is 19.8 Å². The second-order valence-corrected chi connectivity index (χ2v) is 8.20. The molecule has 1 aliphatic carbocycles. The summed E-state index contributed by atoms with van der Waals surface area (Å²) in [5.74, 6) is -1.10. The number of para-hydroxylation sites is 1. The van der Waals surface area contributed by atoms with Gasteiger partial charge < -0.3 is 10.6 Å². The van der Waals surface area contributed by atoms with Crippen molar-refractivity contribution in [1.82, 2.24) is 15.1 Å². The van der Waals surface area contributed by atoms with Crippen LogP contribution in [-0.4, -0.2) is 27.4 Å². The third-order valence-corrected chi connectivity index (χ3v) is 5.70. The Morgan fingerprint density at radius 1 is 1.00 bits per heavy atom.